The molecule has 3 bridgehead atoms. The molecular formula is C36H44N4O3. The number of nitrogens with one attached hydrogen (secondary N) is 1. The Labute approximate surface area is 253 Å². The molecule has 226 valence electrons. The zero-order valence-corrected chi connectivity index (χ0v) is 25.1. The Morgan fingerprint density at radius 1 is 0.930 bits per heavy atom. The van der Waals surface area contributed by atoms with Crippen molar-refractivity contribution < 1.29 is 15.0 Å². The first kappa shape index (κ1) is 27.5. The quantitative estimate of drug-likeness (QED) is 0.308. The van der Waals surface area contributed by atoms with Crippen molar-refractivity contribution in [3.63, 3.8) is 0 Å². The van der Waals surface area contributed by atoms with Crippen LogP contribution in [0.25, 0.3) is 27.4 Å². The number of aliphatic hydroxyl groups is 1. The molecule has 5 unspecified atom stereocenters. The largest absolute Gasteiger partial charge is 0.508 e. The summed E-state index contributed by atoms with van der Waals surface area (Å²) in [4.78, 5) is 28.8. The number of fused-ring (bicyclic) bond motifs is 5. The Kier molecular flexibility index (Phi) is 6.77. The van der Waals surface area contributed by atoms with Crippen molar-refractivity contribution in [1.82, 2.24) is 19.8 Å². The Balaban J connectivity index is 1.36. The van der Waals surface area contributed by atoms with Crippen molar-refractivity contribution in [2.45, 2.75) is 88.3 Å². The molecule has 7 heteroatoms. The molecule has 7 nitrogen and oxygen atoms in total. The van der Waals surface area contributed by atoms with Gasteiger partial charge in [-0.15, -0.1) is 0 Å². The molecule has 3 aromatic rings. The molecule has 4 aliphatic heterocycles. The van der Waals surface area contributed by atoms with Gasteiger partial charge in [0.15, 0.2) is 5.78 Å². The second-order valence-electron chi connectivity index (χ2n) is 13.9. The number of ketones is 1. The first-order valence-electron chi connectivity index (χ1n) is 16.7. The minimum atomic E-state index is -1.15. The first-order chi connectivity index (χ1) is 21.0. The van der Waals surface area contributed by atoms with Gasteiger partial charge in [-0.1, -0.05) is 31.4 Å². The number of carbonyl (C=O) groups excluding carboxylic acids is 1. The smallest absolute Gasteiger partial charge is 0.159 e. The van der Waals surface area contributed by atoms with E-state index in [4.69, 9.17) is 4.98 Å². The van der Waals surface area contributed by atoms with Crippen molar-refractivity contribution in [2.24, 2.45) is 11.3 Å². The number of benzene rings is 1. The van der Waals surface area contributed by atoms with Gasteiger partial charge in [0, 0.05) is 34.9 Å². The molecule has 1 aliphatic carbocycles. The van der Waals surface area contributed by atoms with Gasteiger partial charge in [-0.2, -0.15) is 0 Å². The van der Waals surface area contributed by atoms with Gasteiger partial charge in [0.25, 0.3) is 0 Å². The van der Waals surface area contributed by atoms with Crippen LogP contribution in [0.3, 0.4) is 0 Å². The lowest BCUT2D eigenvalue weighted by Crippen LogP contribution is -2.67. The standard InChI is InChI=1S/C36H44N4O3/c41-24-12-13-29-26(21-24)25-14-17-37-31(32(25)38-29)27-22-35(43)16-8-4-1-2-5-9-18-39-20-15-28(27)36(23-39)33(42)30-11-7-3-6-10-19-40(30)34(35)36/h1,4,12-14,17,21-22,28,30,34,38,41,43H,2-3,5-11,15-16,18-20,23H2/b4-1-/t28?,30-,34?,35?,36?/m0/s1. The van der Waals surface area contributed by atoms with Crippen molar-refractivity contribution in [3.05, 3.63) is 54.4 Å². The molecule has 43 heavy (non-hydrogen) atoms. The SMILES string of the molecule is O=C1[C@@H]2CCCCCCN2C2C3(O)C=C(c4nccc5c4[nH]c4ccc(O)cc45)C4CCN(CCCC/C=C\CC3)CC142. The highest BCUT2D eigenvalue weighted by Crippen LogP contribution is 2.60. The molecule has 6 heterocycles. The number of rotatable bonds is 1. The fourth-order valence-electron chi connectivity index (χ4n) is 9.72. The van der Waals surface area contributed by atoms with Gasteiger partial charge in [-0.3, -0.25) is 14.7 Å². The molecule has 3 N–H and O–H groups in total. The number of allylic oxidation sites excluding steroid dienone is 3. The zero-order chi connectivity index (χ0) is 29.2. The van der Waals surface area contributed by atoms with Crippen molar-refractivity contribution in [1.29, 1.82) is 0 Å². The fraction of sp³-hybridized carbons (Fsp3) is 0.556. The number of Topliss-reactive ketones (excluding diaryl/α,β-unsaturated/α-hetero) is 1. The molecule has 1 spiro atoms. The van der Waals surface area contributed by atoms with E-state index < -0.39 is 11.0 Å². The van der Waals surface area contributed by atoms with E-state index >= 15 is 4.79 Å². The molecule has 5 aliphatic rings. The summed E-state index contributed by atoms with van der Waals surface area (Å²) < 4.78 is 0. The van der Waals surface area contributed by atoms with Crippen molar-refractivity contribution in [3.8, 4) is 5.75 Å². The fourth-order valence-corrected chi connectivity index (χ4v) is 9.72. The van der Waals surface area contributed by atoms with Crippen LogP contribution in [0.15, 0.2) is 48.7 Å². The summed E-state index contributed by atoms with van der Waals surface area (Å²) in [7, 11) is 0. The van der Waals surface area contributed by atoms with Crippen LogP contribution in [0.4, 0.5) is 0 Å². The Hall–Kier alpha value is -3.00. The lowest BCUT2D eigenvalue weighted by atomic mass is 9.54. The monoisotopic (exact) mass is 580 g/mol. The topological polar surface area (TPSA) is 92.7 Å². The van der Waals surface area contributed by atoms with E-state index in [0.717, 1.165) is 111 Å². The number of aromatic hydroxyl groups is 1. The van der Waals surface area contributed by atoms with Gasteiger partial charge in [0.2, 0.25) is 0 Å². The molecule has 0 radical (unpaired) electrons. The number of piperidine rings is 1. The maximum absolute atomic E-state index is 15.1. The van der Waals surface area contributed by atoms with Crippen LogP contribution >= 0.6 is 0 Å². The van der Waals surface area contributed by atoms with Crippen LogP contribution in [0.2, 0.25) is 0 Å². The van der Waals surface area contributed by atoms with E-state index in [1.165, 1.54) is 12.8 Å². The number of H-pyrrole nitrogens is 1. The van der Waals surface area contributed by atoms with Crippen LogP contribution in [-0.4, -0.2) is 79.6 Å². The van der Waals surface area contributed by atoms with E-state index in [1.807, 2.05) is 18.3 Å². The normalized spacial score (nSPS) is 36.1. The van der Waals surface area contributed by atoms with Crippen molar-refractivity contribution >= 4 is 33.2 Å². The number of pyridine rings is 1. The minimum Gasteiger partial charge on any atom is -0.508 e. The maximum atomic E-state index is 15.1. The average molecular weight is 581 g/mol. The van der Waals surface area contributed by atoms with Crippen LogP contribution < -0.4 is 0 Å². The van der Waals surface area contributed by atoms with E-state index in [2.05, 4.69) is 33.0 Å². The number of hydrogen-bond acceptors (Lipinski definition) is 6. The molecule has 3 saturated heterocycles. The van der Waals surface area contributed by atoms with Gasteiger partial charge < -0.3 is 20.1 Å². The van der Waals surface area contributed by atoms with E-state index in [0.29, 0.717) is 12.2 Å². The predicted molar refractivity (Wildman–Crippen MR) is 170 cm³/mol. The number of phenols is 1. The number of hydrogen-bond donors (Lipinski definition) is 3. The van der Waals surface area contributed by atoms with Gasteiger partial charge in [0.05, 0.1) is 28.7 Å². The summed E-state index contributed by atoms with van der Waals surface area (Å²) in [5.74, 6) is 0.600. The van der Waals surface area contributed by atoms with Gasteiger partial charge in [-0.05, 0) is 107 Å². The number of aromatic amines is 1. The van der Waals surface area contributed by atoms with Crippen molar-refractivity contribution in [2.75, 3.05) is 26.2 Å². The third-order valence-electron chi connectivity index (χ3n) is 11.5. The zero-order valence-electron chi connectivity index (χ0n) is 25.1. The average Bonchev–Trinajstić information content (AvgIpc) is 3.46. The summed E-state index contributed by atoms with van der Waals surface area (Å²) >= 11 is 0. The third-order valence-corrected chi connectivity index (χ3v) is 11.5. The van der Waals surface area contributed by atoms with E-state index in [-0.39, 0.29) is 23.8 Å². The summed E-state index contributed by atoms with van der Waals surface area (Å²) in [5.41, 5.74) is 1.92. The van der Waals surface area contributed by atoms with Gasteiger partial charge in [-0.25, -0.2) is 0 Å². The Morgan fingerprint density at radius 2 is 1.79 bits per heavy atom. The molecular weight excluding hydrogens is 536 g/mol. The second kappa shape index (κ2) is 10.6. The number of aromatic nitrogens is 2. The number of carbonyl (C=O) groups is 1. The highest BCUT2D eigenvalue weighted by Gasteiger charge is 2.70. The molecule has 8 rings (SSSR count). The molecule has 0 saturated carbocycles. The summed E-state index contributed by atoms with van der Waals surface area (Å²) in [6, 6.07) is 7.08. The number of nitrogens with zero attached hydrogens (tertiary/aromatic N) is 3. The summed E-state index contributed by atoms with van der Waals surface area (Å²) in [6.07, 6.45) is 19.6. The third kappa shape index (κ3) is 4.26. The lowest BCUT2D eigenvalue weighted by Gasteiger charge is -2.57. The molecule has 1 aromatic carbocycles. The highest BCUT2D eigenvalue weighted by molar-refractivity contribution is 6.10. The number of phenolic OH excluding ortho intramolecular Hbond substituents is 1. The van der Waals surface area contributed by atoms with E-state index in [9.17, 15) is 10.2 Å². The van der Waals surface area contributed by atoms with Gasteiger partial charge >= 0.3 is 0 Å². The predicted octanol–water partition coefficient (Wildman–Crippen LogP) is 5.96. The van der Waals surface area contributed by atoms with Crippen LogP contribution in [0.5, 0.6) is 5.75 Å². The highest BCUT2D eigenvalue weighted by atomic mass is 16.3. The van der Waals surface area contributed by atoms with Crippen LogP contribution in [0, 0.1) is 11.3 Å². The first-order valence-corrected chi connectivity index (χ1v) is 16.7. The van der Waals surface area contributed by atoms with Gasteiger partial charge in [0.1, 0.15) is 11.4 Å². The second-order valence-corrected chi connectivity index (χ2v) is 13.9. The molecule has 6 atom stereocenters. The van der Waals surface area contributed by atoms with Crippen LogP contribution in [-0.2, 0) is 4.79 Å². The van der Waals surface area contributed by atoms with Crippen LogP contribution in [0.1, 0.15) is 76.3 Å². The minimum absolute atomic E-state index is 0.00615. The summed E-state index contributed by atoms with van der Waals surface area (Å²) in [5, 5.41) is 25.3. The Morgan fingerprint density at radius 3 is 2.72 bits per heavy atom. The molecule has 3 fully saturated rings. The van der Waals surface area contributed by atoms with E-state index in [1.54, 1.807) is 12.1 Å². The lowest BCUT2D eigenvalue weighted by molar-refractivity contribution is -0.139. The molecule has 0 amide bonds. The Bertz CT molecular complexity index is 1630. The summed E-state index contributed by atoms with van der Waals surface area (Å²) in [6.45, 7) is 3.57. The molecule has 2 aromatic heterocycles. The maximum Gasteiger partial charge on any atom is 0.159 e.